The van der Waals surface area contributed by atoms with Crippen LogP contribution >= 0.6 is 11.8 Å². The summed E-state index contributed by atoms with van der Waals surface area (Å²) in [6.07, 6.45) is 2.14. The third kappa shape index (κ3) is 4.42. The summed E-state index contributed by atoms with van der Waals surface area (Å²) in [5.41, 5.74) is 1.32. The Balaban J connectivity index is 1.76. The summed E-state index contributed by atoms with van der Waals surface area (Å²) in [5, 5.41) is 2.89. The Morgan fingerprint density at radius 1 is 1.07 bits per heavy atom. The van der Waals surface area contributed by atoms with Crippen LogP contribution in [0.5, 0.6) is 17.2 Å². The molecule has 0 aliphatic carbocycles. The average molecular weight is 416 g/mol. The molecule has 2 amide bonds. The lowest BCUT2D eigenvalue weighted by molar-refractivity contribution is -0.122. The lowest BCUT2D eigenvalue weighted by Gasteiger charge is -2.20. The van der Waals surface area contributed by atoms with E-state index in [0.717, 1.165) is 4.90 Å². The van der Waals surface area contributed by atoms with Gasteiger partial charge in [0.25, 0.3) is 0 Å². The number of carbonyl (C=O) groups is 2. The molecule has 2 aromatic carbocycles. The molecule has 29 heavy (non-hydrogen) atoms. The van der Waals surface area contributed by atoms with Gasteiger partial charge in [0, 0.05) is 35.7 Å². The molecule has 1 aliphatic rings. The van der Waals surface area contributed by atoms with E-state index in [9.17, 15) is 9.59 Å². The number of benzene rings is 2. The number of rotatable bonds is 7. The van der Waals surface area contributed by atoms with E-state index in [1.54, 1.807) is 28.8 Å². The summed E-state index contributed by atoms with van der Waals surface area (Å²) in [4.78, 5) is 28.0. The molecule has 0 aromatic heterocycles. The second-order valence-electron chi connectivity index (χ2n) is 6.51. The predicted octanol–water partition coefficient (Wildman–Crippen LogP) is 3.43. The second-order valence-corrected chi connectivity index (χ2v) is 7.39. The molecule has 7 nitrogen and oxygen atoms in total. The van der Waals surface area contributed by atoms with Crippen LogP contribution in [0.3, 0.4) is 0 Å². The summed E-state index contributed by atoms with van der Waals surface area (Å²) in [5.74, 6) is 0.616. The van der Waals surface area contributed by atoms with Crippen LogP contribution in [0.15, 0.2) is 41.3 Å². The van der Waals surface area contributed by atoms with Crippen LogP contribution in [-0.4, -0.2) is 45.9 Å². The van der Waals surface area contributed by atoms with E-state index in [1.165, 1.54) is 21.3 Å². The predicted molar refractivity (Wildman–Crippen MR) is 113 cm³/mol. The highest BCUT2D eigenvalue weighted by Gasteiger charge is 2.36. The molecule has 1 aliphatic heterocycles. The van der Waals surface area contributed by atoms with E-state index in [0.29, 0.717) is 28.6 Å². The van der Waals surface area contributed by atoms with Crippen molar-refractivity contribution in [3.63, 3.8) is 0 Å². The van der Waals surface area contributed by atoms with Gasteiger partial charge in [-0.05, 0) is 30.5 Å². The first kappa shape index (κ1) is 20.9. The molecule has 1 N–H and O–H groups in total. The Hall–Kier alpha value is -2.87. The van der Waals surface area contributed by atoms with Crippen molar-refractivity contribution in [3.8, 4) is 17.2 Å². The van der Waals surface area contributed by atoms with Crippen molar-refractivity contribution < 1.29 is 23.8 Å². The van der Waals surface area contributed by atoms with Crippen molar-refractivity contribution in [3.05, 3.63) is 36.4 Å². The van der Waals surface area contributed by atoms with Gasteiger partial charge >= 0.3 is 0 Å². The van der Waals surface area contributed by atoms with E-state index in [-0.39, 0.29) is 24.8 Å². The zero-order valence-electron chi connectivity index (χ0n) is 16.9. The highest BCUT2D eigenvalue weighted by Crippen LogP contribution is 2.42. The molecule has 3 rings (SSSR count). The molecule has 0 spiro atoms. The molecule has 8 heteroatoms. The topological polar surface area (TPSA) is 77.1 Å². The van der Waals surface area contributed by atoms with Gasteiger partial charge in [-0.15, -0.1) is 11.8 Å². The van der Waals surface area contributed by atoms with Crippen molar-refractivity contribution in [1.82, 2.24) is 0 Å². The Morgan fingerprint density at radius 3 is 2.21 bits per heavy atom. The summed E-state index contributed by atoms with van der Waals surface area (Å²) in [6, 6.07) is 11.0. The monoisotopic (exact) mass is 416 g/mol. The maximum absolute atomic E-state index is 12.7. The second kappa shape index (κ2) is 9.09. The number of thioether (sulfide) groups is 1. The fourth-order valence-electron chi connectivity index (χ4n) is 3.27. The largest absolute Gasteiger partial charge is 0.493 e. The van der Waals surface area contributed by atoms with Crippen LogP contribution in [0.25, 0.3) is 0 Å². The molecule has 0 bridgehead atoms. The SMILES string of the molecule is COc1cc(N2CC(C(=O)Nc3ccc(SC)cc3)CC2=O)cc(OC)c1OC. The normalized spacial score (nSPS) is 15.9. The van der Waals surface area contributed by atoms with Crippen LogP contribution in [0.2, 0.25) is 0 Å². The molecule has 0 saturated carbocycles. The van der Waals surface area contributed by atoms with Gasteiger partial charge in [-0.1, -0.05) is 0 Å². The van der Waals surface area contributed by atoms with Gasteiger partial charge in [0.1, 0.15) is 0 Å². The van der Waals surface area contributed by atoms with E-state index in [4.69, 9.17) is 14.2 Å². The first-order valence-corrected chi connectivity index (χ1v) is 10.3. The number of hydrogen-bond acceptors (Lipinski definition) is 6. The van der Waals surface area contributed by atoms with Gasteiger partial charge in [-0.2, -0.15) is 0 Å². The molecule has 1 atom stereocenters. The van der Waals surface area contributed by atoms with Crippen LogP contribution in [0.4, 0.5) is 11.4 Å². The maximum atomic E-state index is 12.7. The van der Waals surface area contributed by atoms with Crippen molar-refractivity contribution in [1.29, 1.82) is 0 Å². The van der Waals surface area contributed by atoms with Gasteiger partial charge in [0.15, 0.2) is 11.5 Å². The Bertz CT molecular complexity index is 875. The van der Waals surface area contributed by atoms with Crippen molar-refractivity contribution in [2.45, 2.75) is 11.3 Å². The maximum Gasteiger partial charge on any atom is 0.229 e. The smallest absolute Gasteiger partial charge is 0.229 e. The van der Waals surface area contributed by atoms with E-state index in [1.807, 2.05) is 30.5 Å². The Morgan fingerprint density at radius 2 is 1.69 bits per heavy atom. The van der Waals surface area contributed by atoms with E-state index < -0.39 is 5.92 Å². The van der Waals surface area contributed by atoms with Crippen molar-refractivity contribution in [2.24, 2.45) is 5.92 Å². The highest BCUT2D eigenvalue weighted by atomic mass is 32.2. The van der Waals surface area contributed by atoms with E-state index >= 15 is 0 Å². The first-order valence-electron chi connectivity index (χ1n) is 9.06. The molecule has 1 fully saturated rings. The number of hydrogen-bond donors (Lipinski definition) is 1. The summed E-state index contributed by atoms with van der Waals surface area (Å²) < 4.78 is 16.1. The fourth-order valence-corrected chi connectivity index (χ4v) is 3.68. The standard InChI is InChI=1S/C21H24N2O5S/c1-26-17-10-15(11-18(27-2)20(17)28-3)23-12-13(9-19(23)24)21(25)22-14-5-7-16(29-4)8-6-14/h5-8,10-11,13H,9,12H2,1-4H3,(H,22,25). The van der Waals surface area contributed by atoms with E-state index in [2.05, 4.69) is 5.32 Å². The van der Waals surface area contributed by atoms with Crippen LogP contribution in [0.1, 0.15) is 6.42 Å². The fraction of sp³-hybridized carbons (Fsp3) is 0.333. The highest BCUT2D eigenvalue weighted by molar-refractivity contribution is 7.98. The molecule has 0 radical (unpaired) electrons. The minimum atomic E-state index is -0.443. The van der Waals surface area contributed by atoms with Gasteiger partial charge in [0.2, 0.25) is 17.6 Å². The van der Waals surface area contributed by atoms with Gasteiger partial charge < -0.3 is 24.4 Å². The van der Waals surface area contributed by atoms with Crippen molar-refractivity contribution in [2.75, 3.05) is 44.3 Å². The lowest BCUT2D eigenvalue weighted by atomic mass is 10.1. The minimum absolute atomic E-state index is 0.128. The summed E-state index contributed by atoms with van der Waals surface area (Å²) in [6.45, 7) is 0.284. The van der Waals surface area contributed by atoms with Crippen LogP contribution in [-0.2, 0) is 9.59 Å². The number of methoxy groups -OCH3 is 3. The van der Waals surface area contributed by atoms with Crippen LogP contribution in [0, 0.1) is 5.92 Å². The average Bonchev–Trinajstić information content (AvgIpc) is 3.14. The molecular formula is C21H24N2O5S. The van der Waals surface area contributed by atoms with Gasteiger partial charge in [-0.25, -0.2) is 0 Å². The summed E-state index contributed by atoms with van der Waals surface area (Å²) in [7, 11) is 4.56. The van der Waals surface area contributed by atoms with Gasteiger partial charge in [0.05, 0.1) is 32.9 Å². The Labute approximate surface area is 174 Å². The molecule has 1 saturated heterocycles. The van der Waals surface area contributed by atoms with Crippen molar-refractivity contribution >= 4 is 35.0 Å². The number of nitrogens with zero attached hydrogens (tertiary/aromatic N) is 1. The number of amides is 2. The molecule has 1 heterocycles. The molecular weight excluding hydrogens is 392 g/mol. The quantitative estimate of drug-likeness (QED) is 0.697. The number of ether oxygens (including phenoxy) is 3. The number of nitrogens with one attached hydrogen (secondary N) is 1. The van der Waals surface area contributed by atoms with Crippen LogP contribution < -0.4 is 24.4 Å². The molecule has 1 unspecified atom stereocenters. The zero-order chi connectivity index (χ0) is 21.0. The third-order valence-corrected chi connectivity index (χ3v) is 5.56. The third-order valence-electron chi connectivity index (χ3n) is 4.81. The molecule has 154 valence electrons. The summed E-state index contributed by atoms with van der Waals surface area (Å²) >= 11 is 1.63. The molecule has 2 aromatic rings. The number of anilines is 2. The Kier molecular flexibility index (Phi) is 6.53. The van der Waals surface area contributed by atoms with Gasteiger partial charge in [-0.3, -0.25) is 9.59 Å². The minimum Gasteiger partial charge on any atom is -0.493 e. The number of carbonyl (C=O) groups excluding carboxylic acids is 2. The lowest BCUT2D eigenvalue weighted by Crippen LogP contribution is -2.28. The first-order chi connectivity index (χ1) is 14.0. The zero-order valence-corrected chi connectivity index (χ0v) is 17.7.